The fourth-order valence-corrected chi connectivity index (χ4v) is 3.41. The number of thiazole rings is 1. The van der Waals surface area contributed by atoms with Crippen molar-refractivity contribution in [3.8, 4) is 5.88 Å². The Morgan fingerprint density at radius 3 is 3.05 bits per heavy atom. The molecule has 6 heteroatoms. The smallest absolute Gasteiger partial charge is 0.238 e. The first-order valence-electron chi connectivity index (χ1n) is 6.18. The fourth-order valence-electron chi connectivity index (χ4n) is 2.11. The highest BCUT2D eigenvalue weighted by Crippen LogP contribution is 2.27. The van der Waals surface area contributed by atoms with E-state index < -0.39 is 0 Å². The minimum absolute atomic E-state index is 0.679. The number of hydrogen-bond donors (Lipinski definition) is 1. The molecule has 2 heterocycles. The van der Waals surface area contributed by atoms with Crippen molar-refractivity contribution in [2.45, 2.75) is 11.4 Å². The maximum atomic E-state index is 5.36. The van der Waals surface area contributed by atoms with Crippen LogP contribution in [0.4, 0.5) is 5.69 Å². The zero-order valence-corrected chi connectivity index (χ0v) is 12.9. The molecular weight excluding hydrogens is 290 g/mol. The second-order valence-electron chi connectivity index (χ2n) is 4.18. The molecule has 2 aromatic heterocycles. The van der Waals surface area contributed by atoms with Crippen molar-refractivity contribution in [2.75, 3.05) is 18.7 Å². The summed E-state index contributed by atoms with van der Waals surface area (Å²) >= 11 is 3.34. The van der Waals surface area contributed by atoms with Gasteiger partial charge < -0.3 is 10.1 Å². The van der Waals surface area contributed by atoms with Crippen LogP contribution in [-0.4, -0.2) is 22.8 Å². The van der Waals surface area contributed by atoms with Gasteiger partial charge in [-0.25, -0.2) is 0 Å². The Balaban J connectivity index is 1.87. The lowest BCUT2D eigenvalue weighted by Gasteiger charge is -2.10. The van der Waals surface area contributed by atoms with E-state index in [4.69, 9.17) is 4.74 Å². The number of nitrogens with zero attached hydrogens (tertiary/aromatic N) is 2. The average molecular weight is 305 g/mol. The van der Waals surface area contributed by atoms with Gasteiger partial charge in [0.2, 0.25) is 5.88 Å². The van der Waals surface area contributed by atoms with Gasteiger partial charge in [0.15, 0.2) is 4.96 Å². The Bertz CT molecular complexity index is 720. The van der Waals surface area contributed by atoms with Crippen LogP contribution in [-0.2, 0) is 6.54 Å². The summed E-state index contributed by atoms with van der Waals surface area (Å²) in [7, 11) is 1.66. The van der Waals surface area contributed by atoms with Gasteiger partial charge in [-0.3, -0.25) is 4.40 Å². The summed E-state index contributed by atoms with van der Waals surface area (Å²) in [6.07, 6.45) is 4.10. The molecule has 1 aromatic carbocycles. The molecule has 0 spiro atoms. The van der Waals surface area contributed by atoms with Gasteiger partial charge in [-0.1, -0.05) is 12.1 Å². The van der Waals surface area contributed by atoms with Crippen LogP contribution in [0.1, 0.15) is 5.69 Å². The number of methoxy groups -OCH3 is 1. The minimum Gasteiger partial charge on any atom is -0.480 e. The summed E-state index contributed by atoms with van der Waals surface area (Å²) < 4.78 is 7.43. The lowest BCUT2D eigenvalue weighted by molar-refractivity contribution is 0.395. The Hall–Kier alpha value is -1.66. The minimum atomic E-state index is 0.679. The molecule has 0 unspecified atom stereocenters. The molecule has 20 heavy (non-hydrogen) atoms. The van der Waals surface area contributed by atoms with Crippen molar-refractivity contribution >= 4 is 33.7 Å². The zero-order chi connectivity index (χ0) is 13.9. The topological polar surface area (TPSA) is 38.6 Å². The second-order valence-corrected chi connectivity index (χ2v) is 5.90. The Labute approximate surface area is 125 Å². The number of thioether (sulfide) groups is 1. The van der Waals surface area contributed by atoms with Gasteiger partial charge in [-0.15, -0.1) is 23.1 Å². The highest BCUT2D eigenvalue weighted by molar-refractivity contribution is 7.98. The number of hydrogen-bond acceptors (Lipinski definition) is 5. The predicted molar refractivity (Wildman–Crippen MR) is 85.2 cm³/mol. The maximum absolute atomic E-state index is 5.36. The molecule has 3 rings (SSSR count). The molecule has 104 valence electrons. The van der Waals surface area contributed by atoms with Gasteiger partial charge in [0, 0.05) is 22.2 Å². The van der Waals surface area contributed by atoms with Crippen LogP contribution in [0.3, 0.4) is 0 Å². The highest BCUT2D eigenvalue weighted by atomic mass is 32.2. The van der Waals surface area contributed by atoms with Crippen LogP contribution >= 0.6 is 23.1 Å². The van der Waals surface area contributed by atoms with Crippen molar-refractivity contribution in [3.05, 3.63) is 41.5 Å². The van der Waals surface area contributed by atoms with E-state index in [1.54, 1.807) is 30.2 Å². The third kappa shape index (κ3) is 2.36. The summed E-state index contributed by atoms with van der Waals surface area (Å²) in [5.74, 6) is 0.686. The van der Waals surface area contributed by atoms with Crippen molar-refractivity contribution < 1.29 is 4.74 Å². The molecular formula is C14H15N3OS2. The van der Waals surface area contributed by atoms with Crippen LogP contribution < -0.4 is 10.1 Å². The van der Waals surface area contributed by atoms with E-state index in [0.717, 1.165) is 16.3 Å². The average Bonchev–Trinajstić information content (AvgIpc) is 3.06. The highest BCUT2D eigenvalue weighted by Gasteiger charge is 2.13. The van der Waals surface area contributed by atoms with Crippen LogP contribution in [0.25, 0.3) is 4.96 Å². The number of para-hydroxylation sites is 1. The number of benzene rings is 1. The molecule has 0 bridgehead atoms. The van der Waals surface area contributed by atoms with Gasteiger partial charge >= 0.3 is 0 Å². The Morgan fingerprint density at radius 1 is 1.40 bits per heavy atom. The van der Waals surface area contributed by atoms with Crippen LogP contribution in [0, 0.1) is 0 Å². The van der Waals surface area contributed by atoms with Crippen molar-refractivity contribution in [3.63, 3.8) is 0 Å². The third-order valence-corrected chi connectivity index (χ3v) is 4.62. The van der Waals surface area contributed by atoms with Crippen molar-refractivity contribution in [2.24, 2.45) is 0 Å². The van der Waals surface area contributed by atoms with E-state index in [9.17, 15) is 0 Å². The van der Waals surface area contributed by atoms with Crippen LogP contribution in [0.5, 0.6) is 5.88 Å². The van der Waals surface area contributed by atoms with E-state index in [-0.39, 0.29) is 0 Å². The molecule has 0 radical (unpaired) electrons. The van der Waals surface area contributed by atoms with Gasteiger partial charge in [-0.2, -0.15) is 4.98 Å². The monoisotopic (exact) mass is 305 g/mol. The molecule has 0 fully saturated rings. The Kier molecular flexibility index (Phi) is 3.84. The second kappa shape index (κ2) is 5.76. The standard InChI is InChI=1S/C14H15N3OS2/c1-18-13-11(17-7-8-20-14(17)16-13)9-15-10-5-3-4-6-12(10)19-2/h3-8,15H,9H2,1-2H3. The fraction of sp³-hybridized carbons (Fsp3) is 0.214. The molecule has 1 N–H and O–H groups in total. The summed E-state index contributed by atoms with van der Waals surface area (Å²) in [4.78, 5) is 6.65. The van der Waals surface area contributed by atoms with Crippen LogP contribution in [0.15, 0.2) is 40.7 Å². The molecule has 0 atom stereocenters. The zero-order valence-electron chi connectivity index (χ0n) is 11.3. The lowest BCUT2D eigenvalue weighted by Crippen LogP contribution is -2.04. The van der Waals surface area contributed by atoms with E-state index >= 15 is 0 Å². The third-order valence-electron chi connectivity index (χ3n) is 3.07. The van der Waals surface area contributed by atoms with E-state index in [1.165, 1.54) is 4.90 Å². The Morgan fingerprint density at radius 2 is 2.25 bits per heavy atom. The van der Waals surface area contributed by atoms with Crippen molar-refractivity contribution in [1.82, 2.24) is 9.38 Å². The molecule has 0 amide bonds. The van der Waals surface area contributed by atoms with E-state index in [0.29, 0.717) is 12.4 Å². The number of aromatic nitrogens is 2. The number of ether oxygens (including phenoxy) is 1. The molecule has 0 aliphatic rings. The lowest BCUT2D eigenvalue weighted by atomic mass is 10.3. The number of nitrogens with one attached hydrogen (secondary N) is 1. The summed E-state index contributed by atoms with van der Waals surface area (Å²) in [5, 5.41) is 5.50. The summed E-state index contributed by atoms with van der Waals surface area (Å²) in [5.41, 5.74) is 2.17. The van der Waals surface area contributed by atoms with E-state index in [2.05, 4.69) is 33.1 Å². The van der Waals surface area contributed by atoms with Gasteiger partial charge in [0.25, 0.3) is 0 Å². The first-order valence-corrected chi connectivity index (χ1v) is 8.29. The van der Waals surface area contributed by atoms with Gasteiger partial charge in [0.05, 0.1) is 13.7 Å². The summed E-state index contributed by atoms with van der Waals surface area (Å²) in [6.45, 7) is 0.679. The first kappa shape index (κ1) is 13.3. The van der Waals surface area contributed by atoms with Gasteiger partial charge in [0.1, 0.15) is 5.69 Å². The van der Waals surface area contributed by atoms with E-state index in [1.807, 2.05) is 23.7 Å². The largest absolute Gasteiger partial charge is 0.480 e. The molecule has 0 aliphatic carbocycles. The first-order chi connectivity index (χ1) is 9.83. The molecule has 3 aromatic rings. The number of rotatable bonds is 5. The quantitative estimate of drug-likeness (QED) is 0.729. The van der Waals surface area contributed by atoms with Crippen molar-refractivity contribution in [1.29, 1.82) is 0 Å². The normalized spacial score (nSPS) is 10.9. The predicted octanol–water partition coefficient (Wildman–Crippen LogP) is 3.74. The number of anilines is 1. The SMILES string of the molecule is COc1nc2sccn2c1CNc1ccccc1SC. The van der Waals surface area contributed by atoms with Gasteiger partial charge in [-0.05, 0) is 18.4 Å². The maximum Gasteiger partial charge on any atom is 0.238 e. The summed E-state index contributed by atoms with van der Waals surface area (Å²) in [6, 6.07) is 8.29. The molecule has 4 nitrogen and oxygen atoms in total. The number of imidazole rings is 1. The molecule has 0 saturated heterocycles. The molecule has 0 aliphatic heterocycles. The molecule has 0 saturated carbocycles. The number of fused-ring (bicyclic) bond motifs is 1. The van der Waals surface area contributed by atoms with Crippen LogP contribution in [0.2, 0.25) is 0 Å².